The number of hydroxylamine groups is 4. The molecule has 0 unspecified atom stereocenters. The van der Waals surface area contributed by atoms with Crippen LogP contribution in [0.4, 0.5) is 0 Å². The first kappa shape index (κ1) is 14.1. The Morgan fingerprint density at radius 3 is 1.50 bits per heavy atom. The van der Waals surface area contributed by atoms with E-state index in [0.29, 0.717) is 0 Å². The lowest BCUT2D eigenvalue weighted by atomic mass is 10.1. The molecule has 0 aliphatic heterocycles. The van der Waals surface area contributed by atoms with Crippen molar-refractivity contribution >= 4 is 11.8 Å². The van der Waals surface area contributed by atoms with Gasteiger partial charge in [0, 0.05) is 14.1 Å². The second-order valence-corrected chi connectivity index (χ2v) is 3.52. The lowest BCUT2D eigenvalue weighted by molar-refractivity contribution is -0.0779. The Bertz CT molecular complexity index is 406. The number of amides is 2. The molecule has 18 heavy (non-hydrogen) atoms. The van der Waals surface area contributed by atoms with Gasteiger partial charge in [-0.3, -0.25) is 19.3 Å². The SMILES string of the molecule is CON(C)C(=O)c1ccccc1C(=O)N(C)OC. The normalized spacial score (nSPS) is 10.0. The van der Waals surface area contributed by atoms with Crippen LogP contribution in [0.3, 0.4) is 0 Å². The highest BCUT2D eigenvalue weighted by molar-refractivity contribution is 6.06. The van der Waals surface area contributed by atoms with Gasteiger partial charge in [0.2, 0.25) is 0 Å². The summed E-state index contributed by atoms with van der Waals surface area (Å²) in [6.45, 7) is 0. The Morgan fingerprint density at radius 1 is 0.889 bits per heavy atom. The second kappa shape index (κ2) is 6.13. The van der Waals surface area contributed by atoms with Crippen molar-refractivity contribution in [3.05, 3.63) is 35.4 Å². The van der Waals surface area contributed by atoms with Crippen molar-refractivity contribution < 1.29 is 19.3 Å². The topological polar surface area (TPSA) is 59.1 Å². The Hall–Kier alpha value is -1.92. The molecule has 1 aromatic carbocycles. The van der Waals surface area contributed by atoms with E-state index in [1.54, 1.807) is 24.3 Å². The highest BCUT2D eigenvalue weighted by Crippen LogP contribution is 2.13. The number of benzene rings is 1. The van der Waals surface area contributed by atoms with E-state index >= 15 is 0 Å². The number of hydrogen-bond acceptors (Lipinski definition) is 4. The van der Waals surface area contributed by atoms with Gasteiger partial charge >= 0.3 is 0 Å². The van der Waals surface area contributed by atoms with Crippen molar-refractivity contribution in [1.82, 2.24) is 10.1 Å². The van der Waals surface area contributed by atoms with E-state index in [2.05, 4.69) is 0 Å². The summed E-state index contributed by atoms with van der Waals surface area (Å²) in [7, 11) is 5.71. The maximum absolute atomic E-state index is 12.0. The van der Waals surface area contributed by atoms with Crippen LogP contribution < -0.4 is 0 Å². The molecule has 0 saturated carbocycles. The predicted octanol–water partition coefficient (Wildman–Crippen LogP) is 0.953. The highest BCUT2D eigenvalue weighted by Gasteiger charge is 2.21. The summed E-state index contributed by atoms with van der Waals surface area (Å²) in [5, 5.41) is 2.11. The molecule has 1 rings (SSSR count). The van der Waals surface area contributed by atoms with Crippen LogP contribution in [0.2, 0.25) is 0 Å². The number of rotatable bonds is 4. The Kier molecular flexibility index (Phi) is 4.82. The van der Waals surface area contributed by atoms with Crippen molar-refractivity contribution in [2.24, 2.45) is 0 Å². The van der Waals surface area contributed by atoms with Gasteiger partial charge in [-0.25, -0.2) is 10.1 Å². The smallest absolute Gasteiger partial charge is 0.274 e. The number of nitrogens with zero attached hydrogens (tertiary/aromatic N) is 2. The first-order chi connectivity index (χ1) is 8.52. The van der Waals surface area contributed by atoms with Gasteiger partial charge in [0.05, 0.1) is 25.3 Å². The maximum atomic E-state index is 12.0. The summed E-state index contributed by atoms with van der Waals surface area (Å²) in [6, 6.07) is 6.49. The van der Waals surface area contributed by atoms with Gasteiger partial charge in [-0.1, -0.05) is 12.1 Å². The summed E-state index contributed by atoms with van der Waals surface area (Å²) in [4.78, 5) is 33.6. The predicted molar refractivity (Wildman–Crippen MR) is 64.6 cm³/mol. The van der Waals surface area contributed by atoms with Crippen LogP contribution in [0.25, 0.3) is 0 Å². The molecule has 6 heteroatoms. The molecular weight excluding hydrogens is 236 g/mol. The van der Waals surface area contributed by atoms with Crippen molar-refractivity contribution in [2.45, 2.75) is 0 Å². The lowest BCUT2D eigenvalue weighted by Crippen LogP contribution is -2.31. The molecule has 0 spiro atoms. The lowest BCUT2D eigenvalue weighted by Gasteiger charge is -2.18. The van der Waals surface area contributed by atoms with Gasteiger partial charge in [0.1, 0.15) is 0 Å². The average molecular weight is 252 g/mol. The van der Waals surface area contributed by atoms with Gasteiger partial charge in [0.25, 0.3) is 11.8 Å². The van der Waals surface area contributed by atoms with E-state index in [1.807, 2.05) is 0 Å². The fourth-order valence-electron chi connectivity index (χ4n) is 1.36. The number of hydrogen-bond donors (Lipinski definition) is 0. The molecule has 98 valence electrons. The van der Waals surface area contributed by atoms with Crippen LogP contribution in [0.15, 0.2) is 24.3 Å². The summed E-state index contributed by atoms with van der Waals surface area (Å²) in [5.74, 6) is -0.795. The van der Waals surface area contributed by atoms with Crippen molar-refractivity contribution in [3.8, 4) is 0 Å². The molecule has 0 N–H and O–H groups in total. The largest absolute Gasteiger partial charge is 0.277 e. The fraction of sp³-hybridized carbons (Fsp3) is 0.333. The van der Waals surface area contributed by atoms with Crippen molar-refractivity contribution in [2.75, 3.05) is 28.3 Å². The van der Waals surface area contributed by atoms with E-state index < -0.39 is 11.8 Å². The van der Waals surface area contributed by atoms with E-state index in [4.69, 9.17) is 9.68 Å². The molecule has 0 bridgehead atoms. The zero-order valence-electron chi connectivity index (χ0n) is 10.8. The maximum Gasteiger partial charge on any atom is 0.277 e. The average Bonchev–Trinajstić information content (AvgIpc) is 2.43. The molecular formula is C12H16N2O4. The Labute approximate surface area is 106 Å². The van der Waals surface area contributed by atoms with Crippen molar-refractivity contribution in [1.29, 1.82) is 0 Å². The molecule has 6 nitrogen and oxygen atoms in total. The summed E-state index contributed by atoms with van der Waals surface area (Å²) in [5.41, 5.74) is 0.520. The minimum absolute atomic E-state index is 0.260. The van der Waals surface area contributed by atoms with E-state index in [-0.39, 0.29) is 11.1 Å². The van der Waals surface area contributed by atoms with Crippen molar-refractivity contribution in [3.63, 3.8) is 0 Å². The van der Waals surface area contributed by atoms with Gasteiger partial charge in [-0.15, -0.1) is 0 Å². The molecule has 0 saturated heterocycles. The van der Waals surface area contributed by atoms with E-state index in [0.717, 1.165) is 10.1 Å². The van der Waals surface area contributed by atoms with Crippen LogP contribution in [-0.4, -0.2) is 50.3 Å². The van der Waals surface area contributed by atoms with Crippen LogP contribution in [0, 0.1) is 0 Å². The zero-order valence-corrected chi connectivity index (χ0v) is 10.8. The van der Waals surface area contributed by atoms with Crippen LogP contribution in [0.5, 0.6) is 0 Å². The standard InChI is InChI=1S/C12H16N2O4/c1-13(17-3)11(15)9-7-5-6-8-10(9)12(16)14(2)18-4/h5-8H,1-4H3. The van der Waals surface area contributed by atoms with Gasteiger partial charge in [-0.2, -0.15) is 0 Å². The molecule has 0 heterocycles. The third kappa shape index (κ3) is 2.85. The quantitative estimate of drug-likeness (QED) is 0.749. The van der Waals surface area contributed by atoms with Crippen LogP contribution in [-0.2, 0) is 9.68 Å². The highest BCUT2D eigenvalue weighted by atomic mass is 16.7. The zero-order chi connectivity index (χ0) is 13.7. The molecule has 0 atom stereocenters. The second-order valence-electron chi connectivity index (χ2n) is 3.52. The van der Waals surface area contributed by atoms with Crippen LogP contribution in [0.1, 0.15) is 20.7 Å². The van der Waals surface area contributed by atoms with Gasteiger partial charge in [0.15, 0.2) is 0 Å². The summed E-state index contributed by atoms with van der Waals surface area (Å²) >= 11 is 0. The molecule has 2 amide bonds. The monoisotopic (exact) mass is 252 g/mol. The third-order valence-corrected chi connectivity index (χ3v) is 2.51. The molecule has 0 fully saturated rings. The molecule has 0 aliphatic rings. The first-order valence-electron chi connectivity index (χ1n) is 5.26. The Morgan fingerprint density at radius 2 is 1.22 bits per heavy atom. The minimum atomic E-state index is -0.397. The van der Waals surface area contributed by atoms with Crippen LogP contribution >= 0.6 is 0 Å². The number of carbonyl (C=O) groups excluding carboxylic acids is 2. The molecule has 1 aromatic rings. The molecule has 0 aliphatic carbocycles. The van der Waals surface area contributed by atoms with Gasteiger partial charge < -0.3 is 0 Å². The van der Waals surface area contributed by atoms with E-state index in [9.17, 15) is 9.59 Å². The minimum Gasteiger partial charge on any atom is -0.274 e. The number of carbonyl (C=O) groups is 2. The summed E-state index contributed by atoms with van der Waals surface area (Å²) in [6.07, 6.45) is 0. The molecule has 0 aromatic heterocycles. The fourth-order valence-corrected chi connectivity index (χ4v) is 1.36. The third-order valence-electron chi connectivity index (χ3n) is 2.51. The van der Waals surface area contributed by atoms with Gasteiger partial charge in [-0.05, 0) is 12.1 Å². The summed E-state index contributed by atoms with van der Waals surface area (Å²) < 4.78 is 0. The molecule has 0 radical (unpaired) electrons. The van der Waals surface area contributed by atoms with E-state index in [1.165, 1.54) is 28.3 Å². The first-order valence-corrected chi connectivity index (χ1v) is 5.26. The Balaban J connectivity index is 3.14.